The van der Waals surface area contributed by atoms with Crippen LogP contribution in [-0.4, -0.2) is 45.0 Å². The van der Waals surface area contributed by atoms with Gasteiger partial charge in [-0.15, -0.1) is 0 Å². The van der Waals surface area contributed by atoms with Gasteiger partial charge in [0, 0.05) is 13.5 Å². The maximum atomic E-state index is 13.0. The van der Waals surface area contributed by atoms with Crippen molar-refractivity contribution in [3.05, 3.63) is 16.2 Å². The van der Waals surface area contributed by atoms with Gasteiger partial charge in [0.2, 0.25) is 0 Å². The van der Waals surface area contributed by atoms with Gasteiger partial charge in [-0.1, -0.05) is 23.1 Å². The molecule has 0 saturated carbocycles. The Morgan fingerprint density at radius 1 is 1.32 bits per heavy atom. The number of thiazole rings is 1. The van der Waals surface area contributed by atoms with Crippen molar-refractivity contribution in [1.82, 2.24) is 19.9 Å². The molecule has 154 valence electrons. The number of hydrogen-bond donors (Lipinski definition) is 1. The summed E-state index contributed by atoms with van der Waals surface area (Å²) in [6, 6.07) is -0.457. The number of amides is 1. The zero-order chi connectivity index (χ0) is 21.1. The first-order chi connectivity index (χ1) is 13.0. The standard InChI is InChI=1S/C17H24N4O5S2/c1-9(7-18-15(24)26-17(3,4)5)21-11(8-25-10(2)22)19-13-12(14(21)23)20-16(27-6)28-13/h9H,7-8H2,1-6H3,(H,18,24)/t9-/m0/s1. The molecular weight excluding hydrogens is 404 g/mol. The molecule has 0 aliphatic carbocycles. The fourth-order valence-electron chi connectivity index (χ4n) is 2.36. The Morgan fingerprint density at radius 3 is 2.57 bits per heavy atom. The van der Waals surface area contributed by atoms with Crippen molar-refractivity contribution in [1.29, 1.82) is 0 Å². The van der Waals surface area contributed by atoms with Gasteiger partial charge in [0.15, 0.2) is 20.5 Å². The SMILES string of the molecule is CSc1nc2c(=O)n([C@@H](C)CNC(=O)OC(C)(C)C)c(COC(C)=O)nc2s1. The number of ether oxygens (including phenoxy) is 2. The van der Waals surface area contributed by atoms with E-state index in [4.69, 9.17) is 9.47 Å². The van der Waals surface area contributed by atoms with E-state index >= 15 is 0 Å². The number of carbonyl (C=O) groups excluding carboxylic acids is 2. The monoisotopic (exact) mass is 428 g/mol. The van der Waals surface area contributed by atoms with Crippen LogP contribution in [0.1, 0.15) is 46.5 Å². The molecule has 2 aromatic rings. The smallest absolute Gasteiger partial charge is 0.407 e. The average molecular weight is 429 g/mol. The van der Waals surface area contributed by atoms with Crippen LogP contribution in [0.4, 0.5) is 4.79 Å². The summed E-state index contributed by atoms with van der Waals surface area (Å²) in [5.74, 6) is -0.183. The summed E-state index contributed by atoms with van der Waals surface area (Å²) in [7, 11) is 0. The summed E-state index contributed by atoms with van der Waals surface area (Å²) in [5, 5.41) is 2.64. The van der Waals surface area contributed by atoms with Crippen LogP contribution in [0.5, 0.6) is 0 Å². The number of carbonyl (C=O) groups is 2. The lowest BCUT2D eigenvalue weighted by Crippen LogP contribution is -2.38. The number of aromatic nitrogens is 3. The van der Waals surface area contributed by atoms with Crippen molar-refractivity contribution in [2.75, 3.05) is 12.8 Å². The lowest BCUT2D eigenvalue weighted by molar-refractivity contribution is -0.142. The third-order valence-electron chi connectivity index (χ3n) is 3.48. The summed E-state index contributed by atoms with van der Waals surface area (Å²) >= 11 is 2.72. The molecule has 0 saturated heterocycles. The first-order valence-electron chi connectivity index (χ1n) is 8.58. The van der Waals surface area contributed by atoms with Crippen molar-refractivity contribution >= 4 is 45.5 Å². The zero-order valence-electron chi connectivity index (χ0n) is 16.7. The Hall–Kier alpha value is -2.14. The maximum Gasteiger partial charge on any atom is 0.407 e. The minimum atomic E-state index is -0.625. The van der Waals surface area contributed by atoms with Gasteiger partial charge in [-0.05, 0) is 34.0 Å². The maximum absolute atomic E-state index is 13.0. The molecule has 1 amide bonds. The van der Waals surface area contributed by atoms with E-state index in [9.17, 15) is 14.4 Å². The van der Waals surface area contributed by atoms with E-state index in [-0.39, 0.29) is 24.2 Å². The molecule has 2 heterocycles. The molecule has 1 N–H and O–H groups in total. The average Bonchev–Trinajstić information content (AvgIpc) is 3.00. The number of nitrogens with zero attached hydrogens (tertiary/aromatic N) is 3. The van der Waals surface area contributed by atoms with Crippen LogP contribution in [0.2, 0.25) is 0 Å². The minimum absolute atomic E-state index is 0.134. The fourth-order valence-corrected chi connectivity index (χ4v) is 3.79. The number of thioether (sulfide) groups is 1. The molecule has 0 aliphatic heterocycles. The van der Waals surface area contributed by atoms with Crippen LogP contribution >= 0.6 is 23.1 Å². The van der Waals surface area contributed by atoms with Crippen molar-refractivity contribution in [3.63, 3.8) is 0 Å². The van der Waals surface area contributed by atoms with Gasteiger partial charge in [0.05, 0.1) is 6.04 Å². The number of hydrogen-bond acceptors (Lipinski definition) is 9. The predicted molar refractivity (Wildman–Crippen MR) is 108 cm³/mol. The highest BCUT2D eigenvalue weighted by molar-refractivity contribution is 8.00. The van der Waals surface area contributed by atoms with E-state index in [0.717, 1.165) is 4.34 Å². The highest BCUT2D eigenvalue weighted by Crippen LogP contribution is 2.25. The molecule has 2 rings (SSSR count). The summed E-state index contributed by atoms with van der Waals surface area (Å²) in [4.78, 5) is 45.4. The molecule has 11 heteroatoms. The third kappa shape index (κ3) is 5.68. The number of fused-ring (bicyclic) bond motifs is 1. The van der Waals surface area contributed by atoms with Crippen LogP contribution in [0.25, 0.3) is 10.3 Å². The highest BCUT2D eigenvalue weighted by atomic mass is 32.2. The summed E-state index contributed by atoms with van der Waals surface area (Å²) in [6.07, 6.45) is 1.28. The molecule has 0 unspecified atom stereocenters. The number of nitrogens with one attached hydrogen (secondary N) is 1. The Bertz CT molecular complexity index is 932. The summed E-state index contributed by atoms with van der Waals surface area (Å²) in [5.41, 5.74) is -0.716. The van der Waals surface area contributed by atoms with Crippen molar-refractivity contribution in [2.45, 2.75) is 57.2 Å². The lowest BCUT2D eigenvalue weighted by atomic mass is 10.2. The van der Waals surface area contributed by atoms with Crippen LogP contribution < -0.4 is 10.9 Å². The lowest BCUT2D eigenvalue weighted by Gasteiger charge is -2.22. The van der Waals surface area contributed by atoms with Gasteiger partial charge >= 0.3 is 12.1 Å². The second-order valence-corrected chi connectivity index (χ2v) is 9.08. The third-order valence-corrected chi connectivity index (χ3v) is 5.41. The number of alkyl carbamates (subject to hydrolysis) is 1. The Morgan fingerprint density at radius 2 is 2.00 bits per heavy atom. The molecule has 0 radical (unpaired) electrons. The number of rotatable bonds is 6. The zero-order valence-corrected chi connectivity index (χ0v) is 18.3. The predicted octanol–water partition coefficient (Wildman–Crippen LogP) is 2.72. The van der Waals surface area contributed by atoms with Gasteiger partial charge in [-0.2, -0.15) is 0 Å². The van der Waals surface area contributed by atoms with E-state index in [1.807, 2.05) is 6.26 Å². The van der Waals surface area contributed by atoms with Crippen molar-refractivity contribution in [2.24, 2.45) is 0 Å². The van der Waals surface area contributed by atoms with E-state index in [1.165, 1.54) is 34.6 Å². The number of esters is 1. The summed E-state index contributed by atoms with van der Waals surface area (Å²) in [6.45, 7) is 8.32. The quantitative estimate of drug-likeness (QED) is 0.552. The molecule has 28 heavy (non-hydrogen) atoms. The van der Waals surface area contributed by atoms with Crippen LogP contribution in [0, 0.1) is 0 Å². The van der Waals surface area contributed by atoms with Gasteiger partial charge in [0.25, 0.3) is 5.56 Å². The van der Waals surface area contributed by atoms with E-state index < -0.39 is 23.7 Å². The van der Waals surface area contributed by atoms with Gasteiger partial charge < -0.3 is 14.8 Å². The molecule has 0 fully saturated rings. The topological polar surface area (TPSA) is 112 Å². The van der Waals surface area contributed by atoms with Crippen molar-refractivity contribution < 1.29 is 19.1 Å². The Kier molecular flexibility index (Phi) is 7.05. The highest BCUT2D eigenvalue weighted by Gasteiger charge is 2.21. The Balaban J connectivity index is 2.34. The first-order valence-corrected chi connectivity index (χ1v) is 10.6. The second kappa shape index (κ2) is 8.91. The van der Waals surface area contributed by atoms with E-state index in [2.05, 4.69) is 15.3 Å². The van der Waals surface area contributed by atoms with Crippen LogP contribution in [-0.2, 0) is 20.9 Å². The summed E-state index contributed by atoms with van der Waals surface area (Å²) < 4.78 is 12.4. The fraction of sp³-hybridized carbons (Fsp3) is 0.588. The van der Waals surface area contributed by atoms with Gasteiger partial charge in [-0.3, -0.25) is 14.2 Å². The molecule has 2 aromatic heterocycles. The van der Waals surface area contributed by atoms with Crippen molar-refractivity contribution in [3.8, 4) is 0 Å². The minimum Gasteiger partial charge on any atom is -0.458 e. The van der Waals surface area contributed by atoms with Gasteiger partial charge in [-0.25, -0.2) is 14.8 Å². The van der Waals surface area contributed by atoms with E-state index in [0.29, 0.717) is 10.7 Å². The second-order valence-electron chi connectivity index (χ2n) is 7.05. The molecule has 0 aromatic carbocycles. The van der Waals surface area contributed by atoms with Crippen LogP contribution in [0.3, 0.4) is 0 Å². The molecule has 0 bridgehead atoms. The molecule has 0 aliphatic rings. The normalized spacial score (nSPS) is 12.6. The van der Waals surface area contributed by atoms with E-state index in [1.54, 1.807) is 27.7 Å². The molecular formula is C17H24N4O5S2. The Labute approximate surface area is 170 Å². The van der Waals surface area contributed by atoms with Gasteiger partial charge in [0.1, 0.15) is 12.2 Å². The molecule has 9 nitrogen and oxygen atoms in total. The largest absolute Gasteiger partial charge is 0.458 e. The molecule has 0 spiro atoms. The molecule has 1 atom stereocenters. The first kappa shape index (κ1) is 22.2. The van der Waals surface area contributed by atoms with Crippen LogP contribution in [0.15, 0.2) is 9.13 Å².